The maximum atomic E-state index is 14.1. The fraction of sp³-hybridized carbons (Fsp3) is 0.105. The normalized spacial score (nSPS) is 10.5. The first kappa shape index (κ1) is 19.5. The quantitative estimate of drug-likeness (QED) is 0.438. The van der Waals surface area contributed by atoms with Gasteiger partial charge in [0, 0.05) is 16.4 Å². The summed E-state index contributed by atoms with van der Waals surface area (Å²) in [6, 6.07) is 13.3. The molecular formula is C19H16ClFN2O2S2. The van der Waals surface area contributed by atoms with Gasteiger partial charge in [-0.25, -0.2) is 4.39 Å². The molecular weight excluding hydrogens is 407 g/mol. The summed E-state index contributed by atoms with van der Waals surface area (Å²) in [6.07, 6.45) is 0. The number of amides is 1. The second-order valence-electron chi connectivity index (χ2n) is 5.36. The Morgan fingerprint density at radius 2 is 1.93 bits per heavy atom. The highest BCUT2D eigenvalue weighted by molar-refractivity contribution is 8.00. The Morgan fingerprint density at radius 1 is 1.19 bits per heavy atom. The van der Waals surface area contributed by atoms with Crippen molar-refractivity contribution in [3.63, 3.8) is 0 Å². The van der Waals surface area contributed by atoms with Gasteiger partial charge < -0.3 is 14.8 Å². The molecule has 0 spiro atoms. The molecule has 2 N–H and O–H groups in total. The van der Waals surface area contributed by atoms with Gasteiger partial charge in [-0.2, -0.15) is 0 Å². The number of thiophene rings is 1. The number of hydrogen-bond donors (Lipinski definition) is 2. The average molecular weight is 423 g/mol. The lowest BCUT2D eigenvalue weighted by Crippen LogP contribution is -2.12. The molecule has 0 aliphatic rings. The number of rotatable bonds is 7. The number of carbonyl (C=O) groups is 1. The topological polar surface area (TPSA) is 50.4 Å². The van der Waals surface area contributed by atoms with Crippen LogP contribution in [0, 0.1) is 5.82 Å². The third-order valence-electron chi connectivity index (χ3n) is 3.45. The van der Waals surface area contributed by atoms with Crippen LogP contribution in [-0.4, -0.2) is 12.5 Å². The fourth-order valence-corrected chi connectivity index (χ4v) is 3.78. The first-order valence-corrected chi connectivity index (χ1v) is 10.1. The van der Waals surface area contributed by atoms with Crippen LogP contribution in [0.15, 0.2) is 58.8 Å². The van der Waals surface area contributed by atoms with Crippen molar-refractivity contribution in [1.82, 2.24) is 0 Å². The molecule has 27 heavy (non-hydrogen) atoms. The smallest absolute Gasteiger partial charge is 0.269 e. The van der Waals surface area contributed by atoms with E-state index in [-0.39, 0.29) is 11.7 Å². The molecule has 0 radical (unpaired) electrons. The zero-order chi connectivity index (χ0) is 19.2. The van der Waals surface area contributed by atoms with Crippen molar-refractivity contribution in [2.45, 2.75) is 11.8 Å². The lowest BCUT2D eigenvalue weighted by molar-refractivity contribution is 0.102. The van der Waals surface area contributed by atoms with E-state index in [9.17, 15) is 9.18 Å². The SMILES string of the molecule is CCOc1ccsc1C(=O)Nc1ccc(F)c(SNc2ccc(Cl)cc2)c1. The largest absolute Gasteiger partial charge is 0.492 e. The van der Waals surface area contributed by atoms with Gasteiger partial charge in [-0.05, 0) is 72.8 Å². The maximum absolute atomic E-state index is 14.1. The van der Waals surface area contributed by atoms with Crippen LogP contribution in [0.1, 0.15) is 16.6 Å². The number of carbonyl (C=O) groups excluding carboxylic acids is 1. The summed E-state index contributed by atoms with van der Waals surface area (Å²) >= 11 is 8.26. The van der Waals surface area contributed by atoms with E-state index in [2.05, 4.69) is 10.0 Å². The summed E-state index contributed by atoms with van der Waals surface area (Å²) in [7, 11) is 0. The molecule has 1 aromatic heterocycles. The molecule has 4 nitrogen and oxygen atoms in total. The van der Waals surface area contributed by atoms with Crippen molar-refractivity contribution in [3.8, 4) is 5.75 Å². The van der Waals surface area contributed by atoms with E-state index in [1.54, 1.807) is 41.8 Å². The van der Waals surface area contributed by atoms with Crippen LogP contribution in [0.25, 0.3) is 0 Å². The number of anilines is 2. The van der Waals surface area contributed by atoms with Gasteiger partial charge in [0.25, 0.3) is 5.91 Å². The first-order chi connectivity index (χ1) is 13.1. The zero-order valence-electron chi connectivity index (χ0n) is 14.3. The zero-order valence-corrected chi connectivity index (χ0v) is 16.7. The highest BCUT2D eigenvalue weighted by atomic mass is 35.5. The molecule has 3 aromatic rings. The highest BCUT2D eigenvalue weighted by Crippen LogP contribution is 2.29. The molecule has 1 heterocycles. The summed E-state index contributed by atoms with van der Waals surface area (Å²) in [5.41, 5.74) is 1.29. The third-order valence-corrected chi connectivity index (χ3v) is 5.46. The summed E-state index contributed by atoms with van der Waals surface area (Å²) < 4.78 is 22.6. The number of ether oxygens (including phenoxy) is 1. The van der Waals surface area contributed by atoms with E-state index in [0.717, 1.165) is 17.6 Å². The highest BCUT2D eigenvalue weighted by Gasteiger charge is 2.15. The molecule has 140 valence electrons. The molecule has 0 bridgehead atoms. The van der Waals surface area contributed by atoms with Gasteiger partial charge in [0.1, 0.15) is 16.4 Å². The summed E-state index contributed by atoms with van der Waals surface area (Å²) in [6.45, 7) is 2.33. The minimum atomic E-state index is -0.384. The Kier molecular flexibility index (Phi) is 6.60. The minimum Gasteiger partial charge on any atom is -0.492 e. The Hall–Kier alpha value is -2.22. The van der Waals surface area contributed by atoms with E-state index in [1.807, 2.05) is 6.92 Å². The minimum absolute atomic E-state index is 0.290. The van der Waals surface area contributed by atoms with Crippen LogP contribution in [0.2, 0.25) is 5.02 Å². The molecule has 0 saturated heterocycles. The van der Waals surface area contributed by atoms with Crippen molar-refractivity contribution in [2.75, 3.05) is 16.6 Å². The fourth-order valence-electron chi connectivity index (χ4n) is 2.21. The lowest BCUT2D eigenvalue weighted by Gasteiger charge is -2.10. The van der Waals surface area contributed by atoms with E-state index < -0.39 is 0 Å². The molecule has 0 unspecified atom stereocenters. The molecule has 0 saturated carbocycles. The van der Waals surface area contributed by atoms with Crippen LogP contribution < -0.4 is 14.8 Å². The van der Waals surface area contributed by atoms with Gasteiger partial charge in [-0.3, -0.25) is 4.79 Å². The Labute approximate surface area is 169 Å². The van der Waals surface area contributed by atoms with E-state index in [0.29, 0.717) is 32.8 Å². The molecule has 3 rings (SSSR count). The van der Waals surface area contributed by atoms with Gasteiger partial charge >= 0.3 is 0 Å². The van der Waals surface area contributed by atoms with Gasteiger partial charge in [-0.1, -0.05) is 11.6 Å². The molecule has 1 amide bonds. The number of benzene rings is 2. The van der Waals surface area contributed by atoms with Crippen molar-refractivity contribution >= 4 is 52.2 Å². The monoisotopic (exact) mass is 422 g/mol. The molecule has 0 aliphatic carbocycles. The van der Waals surface area contributed by atoms with Crippen molar-refractivity contribution in [1.29, 1.82) is 0 Å². The van der Waals surface area contributed by atoms with E-state index in [4.69, 9.17) is 16.3 Å². The summed E-state index contributed by atoms with van der Waals surface area (Å²) in [5.74, 6) is -0.131. The lowest BCUT2D eigenvalue weighted by atomic mass is 10.3. The average Bonchev–Trinajstić information content (AvgIpc) is 3.12. The standard InChI is InChI=1S/C19H16ClFN2O2S2/c1-2-25-16-9-10-26-18(16)19(24)22-14-7-8-15(21)17(11-14)27-23-13-5-3-12(20)4-6-13/h3-11,23H,2H2,1H3,(H,22,24). The van der Waals surface area contributed by atoms with Crippen LogP contribution >= 0.6 is 34.9 Å². The van der Waals surface area contributed by atoms with Gasteiger partial charge in [0.15, 0.2) is 0 Å². The van der Waals surface area contributed by atoms with Crippen LogP contribution in [0.5, 0.6) is 5.75 Å². The van der Waals surface area contributed by atoms with E-state index in [1.165, 1.54) is 23.5 Å². The molecule has 2 aromatic carbocycles. The van der Waals surface area contributed by atoms with Crippen LogP contribution in [0.3, 0.4) is 0 Å². The number of nitrogens with one attached hydrogen (secondary N) is 2. The van der Waals surface area contributed by atoms with Gasteiger partial charge in [0.05, 0.1) is 11.5 Å². The van der Waals surface area contributed by atoms with E-state index >= 15 is 0 Å². The van der Waals surface area contributed by atoms with Crippen molar-refractivity contribution in [3.05, 3.63) is 69.6 Å². The second kappa shape index (κ2) is 9.12. The number of halogens is 2. The van der Waals surface area contributed by atoms with Crippen molar-refractivity contribution < 1.29 is 13.9 Å². The number of hydrogen-bond acceptors (Lipinski definition) is 5. The van der Waals surface area contributed by atoms with Crippen molar-refractivity contribution in [2.24, 2.45) is 0 Å². The molecule has 0 fully saturated rings. The molecule has 0 atom stereocenters. The Morgan fingerprint density at radius 3 is 2.67 bits per heavy atom. The summed E-state index contributed by atoms with van der Waals surface area (Å²) in [5, 5.41) is 5.20. The Balaban J connectivity index is 1.70. The molecule has 0 aliphatic heterocycles. The van der Waals surface area contributed by atoms with Gasteiger partial charge in [0.2, 0.25) is 0 Å². The maximum Gasteiger partial charge on any atom is 0.269 e. The van der Waals surface area contributed by atoms with Crippen LogP contribution in [0.4, 0.5) is 15.8 Å². The Bertz CT molecular complexity index is 932. The van der Waals surface area contributed by atoms with Gasteiger partial charge in [-0.15, -0.1) is 11.3 Å². The first-order valence-electron chi connectivity index (χ1n) is 8.06. The predicted molar refractivity (Wildman–Crippen MR) is 111 cm³/mol. The van der Waals surface area contributed by atoms with Crippen LogP contribution in [-0.2, 0) is 0 Å². The third kappa shape index (κ3) is 5.15. The molecule has 8 heteroatoms. The summed E-state index contributed by atoms with van der Waals surface area (Å²) in [4.78, 5) is 13.3. The predicted octanol–water partition coefficient (Wildman–Crippen LogP) is 6.31. The second-order valence-corrected chi connectivity index (χ2v) is 7.56.